The van der Waals surface area contributed by atoms with Crippen molar-refractivity contribution in [1.82, 2.24) is 0 Å². The predicted molar refractivity (Wildman–Crippen MR) is 60.3 cm³/mol. The molecule has 0 aliphatic carbocycles. The van der Waals surface area contributed by atoms with Gasteiger partial charge in [-0.3, -0.25) is 0 Å². The summed E-state index contributed by atoms with van der Waals surface area (Å²) < 4.78 is 0. The van der Waals surface area contributed by atoms with Crippen molar-refractivity contribution < 1.29 is 29.0 Å². The summed E-state index contributed by atoms with van der Waals surface area (Å²) in [5, 5.41) is 0. The molecule has 2 heteroatoms. The van der Waals surface area contributed by atoms with Gasteiger partial charge in [0.2, 0.25) is 0 Å². The lowest BCUT2D eigenvalue weighted by atomic mass is 9.74. The van der Waals surface area contributed by atoms with E-state index in [2.05, 4.69) is 51.0 Å². The summed E-state index contributed by atoms with van der Waals surface area (Å²) in [7, 11) is 0. The minimum Gasteiger partial charge on any atom is -1.00 e. The van der Waals surface area contributed by atoms with Gasteiger partial charge < -0.3 is 24.0 Å². The number of aryl methyl sites for hydroxylation is 1. The highest BCUT2D eigenvalue weighted by molar-refractivity contribution is 5.23. The first-order valence-corrected chi connectivity index (χ1v) is 5.67. The van der Waals surface area contributed by atoms with Gasteiger partial charge >= 0.3 is 0 Å². The number of H-pyrrole nitrogens is 1. The van der Waals surface area contributed by atoms with Crippen molar-refractivity contribution in [2.75, 3.05) is 0 Å². The lowest BCUT2D eigenvalue weighted by molar-refractivity contribution is -0.387. The van der Waals surface area contributed by atoms with Crippen LogP contribution in [0.2, 0.25) is 0 Å². The van der Waals surface area contributed by atoms with E-state index in [1.807, 2.05) is 0 Å². The van der Waals surface area contributed by atoms with Gasteiger partial charge in [0.05, 0.1) is 0 Å². The average molecular weight is 319 g/mol. The van der Waals surface area contributed by atoms with Crippen LogP contribution in [0, 0.1) is 6.92 Å². The zero-order valence-corrected chi connectivity index (χ0v) is 12.4. The Morgan fingerprint density at radius 3 is 2.07 bits per heavy atom. The van der Waals surface area contributed by atoms with Crippen LogP contribution in [0.3, 0.4) is 0 Å². The molecule has 86 valence electrons. The van der Waals surface area contributed by atoms with Crippen molar-refractivity contribution in [3.05, 3.63) is 29.6 Å². The van der Waals surface area contributed by atoms with Gasteiger partial charge in [-0.15, -0.1) is 0 Å². The molecule has 0 saturated heterocycles. The number of hydrogen-bond donors (Lipinski definition) is 0. The quantitative estimate of drug-likeness (QED) is 0.708. The second kappa shape index (κ2) is 6.46. The molecule has 1 nitrogen and oxygen atoms in total. The Hall–Kier alpha value is -0.120. The molecule has 0 aromatic carbocycles. The van der Waals surface area contributed by atoms with E-state index < -0.39 is 0 Å². The van der Waals surface area contributed by atoms with E-state index in [0.717, 1.165) is 0 Å². The first-order valence-electron chi connectivity index (χ1n) is 5.67. The summed E-state index contributed by atoms with van der Waals surface area (Å²) in [4.78, 5) is 3.22. The summed E-state index contributed by atoms with van der Waals surface area (Å²) in [6.45, 7) is 8.99. The van der Waals surface area contributed by atoms with E-state index in [4.69, 9.17) is 0 Å². The fourth-order valence-electron chi connectivity index (χ4n) is 2.28. The van der Waals surface area contributed by atoms with Crippen molar-refractivity contribution >= 4 is 0 Å². The Morgan fingerprint density at radius 2 is 1.67 bits per heavy atom. The highest BCUT2D eigenvalue weighted by Gasteiger charge is 2.26. The van der Waals surface area contributed by atoms with Crippen LogP contribution in [0.25, 0.3) is 0 Å². The molecule has 0 spiro atoms. The summed E-state index contributed by atoms with van der Waals surface area (Å²) in [5.74, 6) is 0. The molecular weight excluding hydrogens is 297 g/mol. The zero-order valence-electron chi connectivity index (χ0n) is 10.2. The minimum atomic E-state index is 0. The smallest absolute Gasteiger partial charge is 0.176 e. The lowest BCUT2D eigenvalue weighted by Gasteiger charge is -2.30. The van der Waals surface area contributed by atoms with Crippen LogP contribution in [0.4, 0.5) is 0 Å². The molecule has 1 heterocycles. The Balaban J connectivity index is 0.00000196. The fraction of sp³-hybridized carbons (Fsp3) is 0.615. The number of rotatable bonds is 4. The third-order valence-corrected chi connectivity index (χ3v) is 3.59. The van der Waals surface area contributed by atoms with Crippen LogP contribution in [-0.2, 0) is 5.41 Å². The minimum absolute atomic E-state index is 0. The Bertz CT molecular complexity index is 284. The molecule has 0 saturated carbocycles. The van der Waals surface area contributed by atoms with Crippen LogP contribution < -0.4 is 29.0 Å². The highest BCUT2D eigenvalue weighted by atomic mass is 127. The summed E-state index contributed by atoms with van der Waals surface area (Å²) in [6, 6.07) is 4.51. The molecule has 0 radical (unpaired) electrons. The number of hydrogen-bond acceptors (Lipinski definition) is 0. The van der Waals surface area contributed by atoms with Gasteiger partial charge in [0, 0.05) is 19.1 Å². The maximum absolute atomic E-state index is 3.22. The van der Waals surface area contributed by atoms with Gasteiger partial charge in [0.1, 0.15) is 0 Å². The lowest BCUT2D eigenvalue weighted by Crippen LogP contribution is -3.00. The normalized spacial score (nSPS) is 10.9. The van der Waals surface area contributed by atoms with Crippen LogP contribution in [0.5, 0.6) is 0 Å². The number of nitrogens with one attached hydrogen (secondary N) is 1. The van der Waals surface area contributed by atoms with E-state index in [9.17, 15) is 0 Å². The Morgan fingerprint density at radius 1 is 1.13 bits per heavy atom. The van der Waals surface area contributed by atoms with Crippen molar-refractivity contribution in [1.29, 1.82) is 0 Å². The Kier molecular flexibility index (Phi) is 6.41. The van der Waals surface area contributed by atoms with Crippen molar-refractivity contribution in [3.8, 4) is 0 Å². The number of halogens is 1. The topological polar surface area (TPSA) is 14.1 Å². The summed E-state index contributed by atoms with van der Waals surface area (Å²) in [6.07, 6.45) is 5.73. The second-order valence-electron chi connectivity index (χ2n) is 4.10. The molecule has 1 N–H and O–H groups in total. The molecule has 15 heavy (non-hydrogen) atoms. The molecule has 1 rings (SSSR count). The highest BCUT2D eigenvalue weighted by Crippen LogP contribution is 2.34. The van der Waals surface area contributed by atoms with Gasteiger partial charge in [-0.2, -0.15) is 0 Å². The SMILES string of the molecule is CCC(CC)(CC)c1cc[nH+]c(C)c1.[I-]. The van der Waals surface area contributed by atoms with E-state index in [-0.39, 0.29) is 24.0 Å². The first-order chi connectivity index (χ1) is 6.68. The van der Waals surface area contributed by atoms with Gasteiger partial charge in [0.25, 0.3) is 0 Å². The van der Waals surface area contributed by atoms with Gasteiger partial charge in [0.15, 0.2) is 11.9 Å². The first kappa shape index (κ1) is 14.9. The molecule has 0 fully saturated rings. The van der Waals surface area contributed by atoms with Crippen LogP contribution >= 0.6 is 0 Å². The number of pyridine rings is 1. The number of aromatic nitrogens is 1. The Labute approximate surface area is 111 Å². The fourth-order valence-corrected chi connectivity index (χ4v) is 2.28. The third-order valence-electron chi connectivity index (χ3n) is 3.59. The van der Waals surface area contributed by atoms with Crippen LogP contribution in [0.15, 0.2) is 18.3 Å². The molecule has 1 aromatic heterocycles. The van der Waals surface area contributed by atoms with E-state index >= 15 is 0 Å². The molecule has 0 bridgehead atoms. The van der Waals surface area contributed by atoms with Crippen molar-refractivity contribution in [2.45, 2.75) is 52.4 Å². The molecule has 0 atom stereocenters. The van der Waals surface area contributed by atoms with E-state index in [1.54, 1.807) is 0 Å². The maximum Gasteiger partial charge on any atom is 0.176 e. The monoisotopic (exact) mass is 319 g/mol. The third kappa shape index (κ3) is 3.16. The summed E-state index contributed by atoms with van der Waals surface area (Å²) >= 11 is 0. The number of aromatic amines is 1. The van der Waals surface area contributed by atoms with Crippen LogP contribution in [-0.4, -0.2) is 0 Å². The van der Waals surface area contributed by atoms with Crippen molar-refractivity contribution in [2.24, 2.45) is 0 Å². The largest absolute Gasteiger partial charge is 1.00 e. The maximum atomic E-state index is 3.22. The zero-order chi connectivity index (χ0) is 10.6. The molecular formula is C13H22IN. The summed E-state index contributed by atoms with van der Waals surface area (Å²) in [5.41, 5.74) is 3.13. The van der Waals surface area contributed by atoms with Crippen LogP contribution in [0.1, 0.15) is 51.3 Å². The van der Waals surface area contributed by atoms with E-state index in [0.29, 0.717) is 5.41 Å². The second-order valence-corrected chi connectivity index (χ2v) is 4.10. The van der Waals surface area contributed by atoms with Gasteiger partial charge in [-0.25, -0.2) is 4.98 Å². The molecule has 0 unspecified atom stereocenters. The predicted octanol–water partition coefficient (Wildman–Crippen LogP) is 0.281. The average Bonchev–Trinajstić information content (AvgIpc) is 2.22. The molecule has 1 aromatic rings. The molecule has 0 aliphatic heterocycles. The van der Waals surface area contributed by atoms with E-state index in [1.165, 1.54) is 30.5 Å². The molecule has 0 aliphatic rings. The molecule has 0 amide bonds. The van der Waals surface area contributed by atoms with Gasteiger partial charge in [-0.05, 0) is 30.2 Å². The standard InChI is InChI=1S/C13H21N.HI/c1-5-13(6-2,7-3)12-8-9-14-11(4)10-12;/h8-10H,5-7H2,1-4H3;1H. The van der Waals surface area contributed by atoms with Crippen molar-refractivity contribution in [3.63, 3.8) is 0 Å². The van der Waals surface area contributed by atoms with Gasteiger partial charge in [-0.1, -0.05) is 20.8 Å².